The largest absolute Gasteiger partial charge is 0.347 e. The van der Waals surface area contributed by atoms with Gasteiger partial charge in [0.05, 0.1) is 5.01 Å². The molecule has 8 heteroatoms. The summed E-state index contributed by atoms with van der Waals surface area (Å²) in [6.45, 7) is 8.98. The summed E-state index contributed by atoms with van der Waals surface area (Å²) in [7, 11) is 0. The molecule has 0 aliphatic carbocycles. The number of amides is 1. The zero-order valence-electron chi connectivity index (χ0n) is 17.1. The predicted molar refractivity (Wildman–Crippen MR) is 125 cm³/mol. The van der Waals surface area contributed by atoms with Gasteiger partial charge in [0.15, 0.2) is 0 Å². The number of piperidine rings is 1. The highest BCUT2D eigenvalue weighted by Crippen LogP contribution is 2.23. The molecule has 5 nitrogen and oxygen atoms in total. The summed E-state index contributed by atoms with van der Waals surface area (Å²) in [6.07, 6.45) is 2.03. The Labute approximate surface area is 190 Å². The van der Waals surface area contributed by atoms with Crippen LogP contribution in [-0.4, -0.2) is 35.4 Å². The molecule has 0 radical (unpaired) electrons. The number of rotatable bonds is 7. The van der Waals surface area contributed by atoms with E-state index in [2.05, 4.69) is 47.2 Å². The van der Waals surface area contributed by atoms with Crippen LogP contribution in [0, 0.1) is 11.8 Å². The number of hydrogen-bond acceptors (Lipinski definition) is 5. The van der Waals surface area contributed by atoms with Crippen LogP contribution in [-0.2, 0) is 19.5 Å². The molecule has 3 rings (SSSR count). The van der Waals surface area contributed by atoms with Gasteiger partial charge in [-0.3, -0.25) is 9.69 Å². The number of hydrogen-bond donors (Lipinski definition) is 2. The van der Waals surface area contributed by atoms with E-state index in [1.165, 1.54) is 28.9 Å². The van der Waals surface area contributed by atoms with Crippen molar-refractivity contribution in [2.24, 2.45) is 17.6 Å². The number of nitrogens with zero attached hydrogens (tertiary/aromatic N) is 2. The van der Waals surface area contributed by atoms with Gasteiger partial charge in [-0.1, -0.05) is 38.1 Å². The summed E-state index contributed by atoms with van der Waals surface area (Å²) < 4.78 is 0. The molecule has 1 amide bonds. The average Bonchev–Trinajstić information content (AvgIpc) is 3.09. The van der Waals surface area contributed by atoms with E-state index in [0.29, 0.717) is 25.2 Å². The summed E-state index contributed by atoms with van der Waals surface area (Å²) in [5, 5.41) is 5.74. The van der Waals surface area contributed by atoms with Gasteiger partial charge >= 0.3 is 0 Å². The number of benzene rings is 1. The van der Waals surface area contributed by atoms with E-state index in [1.807, 2.05) is 11.4 Å². The van der Waals surface area contributed by atoms with Crippen molar-refractivity contribution in [2.45, 2.75) is 39.8 Å². The fraction of sp³-hybridized carbons (Fsp3) is 0.524. The van der Waals surface area contributed by atoms with Crippen LogP contribution in [0.2, 0.25) is 0 Å². The minimum atomic E-state index is -0.121. The lowest BCUT2D eigenvalue weighted by atomic mass is 9.91. The molecule has 2 unspecified atom stereocenters. The van der Waals surface area contributed by atoms with Crippen molar-refractivity contribution in [3.05, 3.63) is 51.5 Å². The van der Waals surface area contributed by atoms with E-state index in [1.54, 1.807) is 0 Å². The van der Waals surface area contributed by atoms with Crippen molar-refractivity contribution in [1.29, 1.82) is 0 Å². The predicted octanol–water partition coefficient (Wildman–Crippen LogP) is 3.90. The number of aromatic nitrogens is 1. The molecular formula is C21H32Cl2N4OS. The van der Waals surface area contributed by atoms with Crippen LogP contribution >= 0.6 is 36.2 Å². The lowest BCUT2D eigenvalue weighted by molar-refractivity contribution is 0.0946. The van der Waals surface area contributed by atoms with E-state index < -0.39 is 0 Å². The Bertz CT molecular complexity index is 761. The van der Waals surface area contributed by atoms with Crippen molar-refractivity contribution in [3.8, 4) is 0 Å². The van der Waals surface area contributed by atoms with E-state index in [9.17, 15) is 4.79 Å². The topological polar surface area (TPSA) is 71.2 Å². The highest BCUT2D eigenvalue weighted by Gasteiger charge is 2.22. The molecule has 2 heterocycles. The van der Waals surface area contributed by atoms with Crippen LogP contribution in [0.25, 0.3) is 0 Å². The average molecular weight is 459 g/mol. The highest BCUT2D eigenvalue weighted by molar-refractivity contribution is 7.09. The molecule has 0 saturated carbocycles. The fourth-order valence-electron chi connectivity index (χ4n) is 3.97. The van der Waals surface area contributed by atoms with Crippen molar-refractivity contribution >= 4 is 42.1 Å². The molecule has 1 aliphatic rings. The molecule has 1 aromatic carbocycles. The Hall–Kier alpha value is -1.18. The maximum absolute atomic E-state index is 12.4. The molecule has 162 valence electrons. The zero-order valence-corrected chi connectivity index (χ0v) is 19.5. The van der Waals surface area contributed by atoms with Crippen LogP contribution in [0.5, 0.6) is 0 Å². The van der Waals surface area contributed by atoms with E-state index in [-0.39, 0.29) is 30.7 Å². The van der Waals surface area contributed by atoms with Gasteiger partial charge in [-0.05, 0) is 35.9 Å². The maximum Gasteiger partial charge on any atom is 0.271 e. The monoisotopic (exact) mass is 458 g/mol. The van der Waals surface area contributed by atoms with Crippen LogP contribution in [0.3, 0.4) is 0 Å². The summed E-state index contributed by atoms with van der Waals surface area (Å²) in [5.41, 5.74) is 8.51. The lowest BCUT2D eigenvalue weighted by Gasteiger charge is -2.35. The minimum absolute atomic E-state index is 0. The van der Waals surface area contributed by atoms with Gasteiger partial charge in [0.25, 0.3) is 5.91 Å². The molecular weight excluding hydrogens is 427 g/mol. The third kappa shape index (κ3) is 7.54. The third-order valence-corrected chi connectivity index (χ3v) is 5.95. The van der Waals surface area contributed by atoms with Crippen LogP contribution in [0.1, 0.15) is 46.9 Å². The molecule has 1 saturated heterocycles. The first-order chi connectivity index (χ1) is 13.0. The molecule has 3 N–H and O–H groups in total. The standard InChI is InChI=1S/C21H30N4OS.2ClH/c1-15-9-16(2)12-25(11-15)13-18-6-4-3-5-17(18)10-23-21(26)19-14-27-20(24-19)7-8-22;;/h3-6,14-16H,7-13,22H2,1-2H3,(H,23,26);2*1H. The van der Waals surface area contributed by atoms with Crippen molar-refractivity contribution in [1.82, 2.24) is 15.2 Å². The molecule has 2 atom stereocenters. The van der Waals surface area contributed by atoms with Crippen LogP contribution < -0.4 is 11.1 Å². The number of nitrogens with one attached hydrogen (secondary N) is 1. The summed E-state index contributed by atoms with van der Waals surface area (Å²) >= 11 is 1.49. The highest BCUT2D eigenvalue weighted by atomic mass is 35.5. The normalized spacial score (nSPS) is 19.1. The fourth-order valence-corrected chi connectivity index (χ4v) is 4.76. The van der Waals surface area contributed by atoms with E-state index in [4.69, 9.17) is 5.73 Å². The van der Waals surface area contributed by atoms with Crippen LogP contribution in [0.15, 0.2) is 29.6 Å². The lowest BCUT2D eigenvalue weighted by Crippen LogP contribution is -2.38. The third-order valence-electron chi connectivity index (χ3n) is 5.04. The summed E-state index contributed by atoms with van der Waals surface area (Å²) in [5.74, 6) is 1.37. The van der Waals surface area contributed by atoms with Gasteiger partial charge < -0.3 is 11.1 Å². The molecule has 1 aromatic heterocycles. The number of halogens is 2. The number of nitrogens with two attached hydrogens (primary N) is 1. The van der Waals surface area contributed by atoms with Gasteiger partial charge in [0.2, 0.25) is 0 Å². The number of carbonyl (C=O) groups is 1. The Morgan fingerprint density at radius 2 is 1.86 bits per heavy atom. The first kappa shape index (κ1) is 25.9. The Morgan fingerprint density at radius 3 is 2.52 bits per heavy atom. The molecule has 0 spiro atoms. The van der Waals surface area contributed by atoms with E-state index >= 15 is 0 Å². The van der Waals surface area contributed by atoms with Gasteiger partial charge in [0, 0.05) is 38.0 Å². The van der Waals surface area contributed by atoms with Crippen molar-refractivity contribution in [3.63, 3.8) is 0 Å². The second-order valence-electron chi connectivity index (χ2n) is 7.76. The zero-order chi connectivity index (χ0) is 19.2. The van der Waals surface area contributed by atoms with Crippen molar-refractivity contribution < 1.29 is 4.79 Å². The van der Waals surface area contributed by atoms with Gasteiger partial charge in [0.1, 0.15) is 5.69 Å². The molecule has 1 aliphatic heterocycles. The molecule has 29 heavy (non-hydrogen) atoms. The number of carbonyl (C=O) groups excluding carboxylic acids is 1. The molecule has 0 bridgehead atoms. The van der Waals surface area contributed by atoms with Gasteiger partial charge in [-0.2, -0.15) is 0 Å². The molecule has 1 fully saturated rings. The van der Waals surface area contributed by atoms with Crippen LogP contribution in [0.4, 0.5) is 0 Å². The van der Waals surface area contributed by atoms with Gasteiger partial charge in [-0.25, -0.2) is 4.98 Å². The SMILES string of the molecule is CC1CC(C)CN(Cc2ccccc2CNC(=O)c2csc(CCN)n2)C1.Cl.Cl. The van der Waals surface area contributed by atoms with E-state index in [0.717, 1.165) is 36.5 Å². The first-order valence-electron chi connectivity index (χ1n) is 9.77. The maximum atomic E-state index is 12.4. The Balaban J connectivity index is 0.00000210. The summed E-state index contributed by atoms with van der Waals surface area (Å²) in [4.78, 5) is 19.3. The second-order valence-corrected chi connectivity index (χ2v) is 8.70. The smallest absolute Gasteiger partial charge is 0.271 e. The first-order valence-corrected chi connectivity index (χ1v) is 10.6. The molecule has 2 aromatic rings. The van der Waals surface area contributed by atoms with Crippen molar-refractivity contribution in [2.75, 3.05) is 19.6 Å². The quantitative estimate of drug-likeness (QED) is 0.659. The minimum Gasteiger partial charge on any atom is -0.347 e. The Kier molecular flexibility index (Phi) is 11.1. The Morgan fingerprint density at radius 1 is 1.21 bits per heavy atom. The second kappa shape index (κ2) is 12.5. The van der Waals surface area contributed by atoms with Gasteiger partial charge in [-0.15, -0.1) is 36.2 Å². The number of likely N-dealkylation sites (tertiary alicyclic amines) is 1. The number of thiazole rings is 1. The summed E-state index contributed by atoms with van der Waals surface area (Å²) in [6, 6.07) is 8.40.